The molecule has 0 aromatic heterocycles. The Kier molecular flexibility index (Phi) is 4.87. The molecular formula is C20H12ClF2NO5S. The number of carbonyl (C=O) groups is 1. The summed E-state index contributed by atoms with van der Waals surface area (Å²) in [5.74, 6) is -3.36. The lowest BCUT2D eigenvalue weighted by Gasteiger charge is -2.13. The van der Waals surface area contributed by atoms with Crippen molar-refractivity contribution < 1.29 is 31.8 Å². The van der Waals surface area contributed by atoms with Crippen LogP contribution in [0.15, 0.2) is 53.4 Å². The number of ether oxygens (including phenoxy) is 1. The van der Waals surface area contributed by atoms with Crippen molar-refractivity contribution in [2.45, 2.75) is 11.5 Å². The molecule has 0 saturated heterocycles. The summed E-state index contributed by atoms with van der Waals surface area (Å²) < 4.78 is 61.6. The van der Waals surface area contributed by atoms with Gasteiger partial charge in [0, 0.05) is 5.56 Å². The summed E-state index contributed by atoms with van der Waals surface area (Å²) in [7, 11) is -4.55. The van der Waals surface area contributed by atoms with E-state index < -0.39 is 55.6 Å². The Bertz CT molecular complexity index is 1310. The Morgan fingerprint density at radius 1 is 1.03 bits per heavy atom. The minimum Gasteiger partial charge on any atom is -0.505 e. The molecule has 10 heteroatoms. The Hall–Kier alpha value is -3.17. The fourth-order valence-electron chi connectivity index (χ4n) is 3.06. The Balaban J connectivity index is 2.01. The maximum absolute atomic E-state index is 14.5. The van der Waals surface area contributed by atoms with E-state index in [1.165, 1.54) is 30.3 Å². The normalized spacial score (nSPS) is 15.0. The van der Waals surface area contributed by atoms with Crippen molar-refractivity contribution in [3.05, 3.63) is 76.3 Å². The second kappa shape index (κ2) is 7.26. The van der Waals surface area contributed by atoms with Crippen molar-refractivity contribution in [3.63, 3.8) is 0 Å². The number of hydrogen-bond acceptors (Lipinski definition) is 5. The molecule has 0 radical (unpaired) electrons. The lowest BCUT2D eigenvalue weighted by molar-refractivity contribution is 0.0469. The lowest BCUT2D eigenvalue weighted by atomic mass is 9.99. The number of carbonyl (C=O) groups excluding carboxylic acids is 1. The molecule has 0 amide bonds. The van der Waals surface area contributed by atoms with Crippen LogP contribution in [0.25, 0.3) is 11.1 Å². The molecule has 6 nitrogen and oxygen atoms in total. The summed E-state index contributed by atoms with van der Waals surface area (Å²) in [6, 6.07) is 9.50. The molecule has 154 valence electrons. The molecule has 1 aliphatic heterocycles. The Labute approximate surface area is 174 Å². The van der Waals surface area contributed by atoms with E-state index in [1.807, 2.05) is 4.72 Å². The number of nitrogens with one attached hydrogen (secondary N) is 1. The third-order valence-electron chi connectivity index (χ3n) is 4.54. The highest BCUT2D eigenvalue weighted by Crippen LogP contribution is 2.36. The van der Waals surface area contributed by atoms with Gasteiger partial charge in [-0.3, -0.25) is 4.72 Å². The van der Waals surface area contributed by atoms with E-state index in [1.54, 1.807) is 0 Å². The van der Waals surface area contributed by atoms with Gasteiger partial charge in [-0.2, -0.15) is 0 Å². The van der Waals surface area contributed by atoms with Gasteiger partial charge >= 0.3 is 5.97 Å². The summed E-state index contributed by atoms with van der Waals surface area (Å²) in [6.07, 6.45) is 0. The summed E-state index contributed by atoms with van der Waals surface area (Å²) in [6.45, 7) is -0.471. The van der Waals surface area contributed by atoms with Crippen LogP contribution in [0.5, 0.6) is 5.75 Å². The van der Waals surface area contributed by atoms with E-state index in [2.05, 4.69) is 0 Å². The quantitative estimate of drug-likeness (QED) is 0.492. The number of rotatable bonds is 0. The zero-order valence-electron chi connectivity index (χ0n) is 14.9. The van der Waals surface area contributed by atoms with Crippen LogP contribution in [-0.4, -0.2) is 19.5 Å². The average molecular weight is 452 g/mol. The molecule has 0 spiro atoms. The third kappa shape index (κ3) is 3.46. The number of sulfonamides is 1. The number of phenols is 1. The van der Waals surface area contributed by atoms with Crippen LogP contribution < -0.4 is 4.72 Å². The van der Waals surface area contributed by atoms with Gasteiger partial charge in [0.25, 0.3) is 10.0 Å². The Morgan fingerprint density at radius 3 is 2.57 bits per heavy atom. The van der Waals surface area contributed by atoms with Gasteiger partial charge in [0.1, 0.15) is 23.1 Å². The highest BCUT2D eigenvalue weighted by Gasteiger charge is 2.26. The van der Waals surface area contributed by atoms with E-state index in [0.717, 1.165) is 18.2 Å². The molecule has 4 rings (SSSR count). The van der Waals surface area contributed by atoms with Gasteiger partial charge in [0.2, 0.25) is 0 Å². The van der Waals surface area contributed by atoms with Gasteiger partial charge in [0.05, 0.1) is 16.3 Å². The van der Waals surface area contributed by atoms with Crippen molar-refractivity contribution >= 4 is 33.3 Å². The van der Waals surface area contributed by atoms with Crippen LogP contribution in [-0.2, 0) is 21.4 Å². The minimum atomic E-state index is -4.55. The second-order valence-corrected chi connectivity index (χ2v) is 8.51. The Morgan fingerprint density at radius 2 is 1.80 bits per heavy atom. The molecule has 4 bridgehead atoms. The fourth-order valence-corrected chi connectivity index (χ4v) is 4.54. The topological polar surface area (TPSA) is 92.7 Å². The number of benzene rings is 3. The van der Waals surface area contributed by atoms with E-state index in [0.29, 0.717) is 0 Å². The zero-order valence-corrected chi connectivity index (χ0v) is 16.5. The number of phenolic OH excluding ortho intramolecular Hbond substituents is 1. The maximum Gasteiger partial charge on any atom is 0.338 e. The van der Waals surface area contributed by atoms with Crippen molar-refractivity contribution in [1.29, 1.82) is 0 Å². The number of anilines is 1. The molecule has 1 aliphatic rings. The molecule has 0 unspecified atom stereocenters. The number of esters is 1. The average Bonchev–Trinajstić information content (AvgIpc) is 2.69. The van der Waals surface area contributed by atoms with Gasteiger partial charge in [-0.1, -0.05) is 29.8 Å². The molecule has 0 aliphatic carbocycles. The van der Waals surface area contributed by atoms with Crippen LogP contribution in [0.1, 0.15) is 15.9 Å². The molecule has 2 N–H and O–H groups in total. The van der Waals surface area contributed by atoms with Crippen LogP contribution in [0.3, 0.4) is 0 Å². The van der Waals surface area contributed by atoms with Gasteiger partial charge in [-0.25, -0.2) is 22.0 Å². The molecule has 1 heterocycles. The smallest absolute Gasteiger partial charge is 0.338 e. The number of hydrogen-bond donors (Lipinski definition) is 2. The van der Waals surface area contributed by atoms with Crippen molar-refractivity contribution in [3.8, 4) is 16.9 Å². The number of halogens is 3. The summed E-state index contributed by atoms with van der Waals surface area (Å²) in [5.41, 5.74) is -0.129. The first-order valence-electron chi connectivity index (χ1n) is 8.47. The molecular weight excluding hydrogens is 440 g/mol. The van der Waals surface area contributed by atoms with Gasteiger partial charge in [0.15, 0.2) is 5.75 Å². The van der Waals surface area contributed by atoms with Gasteiger partial charge in [-0.15, -0.1) is 0 Å². The molecule has 0 atom stereocenters. The summed E-state index contributed by atoms with van der Waals surface area (Å²) >= 11 is 5.87. The number of aromatic hydroxyl groups is 1. The first-order chi connectivity index (χ1) is 14.2. The first kappa shape index (κ1) is 20.1. The predicted octanol–water partition coefficient (Wildman–Crippen LogP) is 4.46. The maximum atomic E-state index is 14.5. The monoisotopic (exact) mass is 451 g/mol. The summed E-state index contributed by atoms with van der Waals surface area (Å²) in [4.78, 5) is 11.7. The molecule has 30 heavy (non-hydrogen) atoms. The highest BCUT2D eigenvalue weighted by molar-refractivity contribution is 7.92. The van der Waals surface area contributed by atoms with E-state index in [9.17, 15) is 27.1 Å². The zero-order chi connectivity index (χ0) is 21.6. The third-order valence-corrected chi connectivity index (χ3v) is 6.21. The van der Waals surface area contributed by atoms with Crippen molar-refractivity contribution in [2.75, 3.05) is 4.72 Å². The predicted molar refractivity (Wildman–Crippen MR) is 105 cm³/mol. The largest absolute Gasteiger partial charge is 0.505 e. The fraction of sp³-hybridized carbons (Fsp3) is 0.0500. The van der Waals surface area contributed by atoms with Crippen LogP contribution in [0.4, 0.5) is 14.5 Å². The summed E-state index contributed by atoms with van der Waals surface area (Å²) in [5, 5.41) is 9.69. The van der Waals surface area contributed by atoms with E-state index in [4.69, 9.17) is 16.3 Å². The number of fused-ring (bicyclic) bond motifs is 6. The van der Waals surface area contributed by atoms with Crippen molar-refractivity contribution in [2.24, 2.45) is 0 Å². The number of cyclic esters (lactones) is 1. The van der Waals surface area contributed by atoms with E-state index in [-0.39, 0.29) is 22.3 Å². The van der Waals surface area contributed by atoms with Crippen LogP contribution in [0, 0.1) is 11.6 Å². The first-order valence-corrected chi connectivity index (χ1v) is 10.3. The van der Waals surface area contributed by atoms with Crippen LogP contribution in [0.2, 0.25) is 5.02 Å². The lowest BCUT2D eigenvalue weighted by Crippen LogP contribution is -2.15. The minimum absolute atomic E-state index is 0.0237. The SMILES string of the molecule is O=C1OCc2c(F)cccc2-c2ccc(F)c(c2)NS(=O)(=O)c2cc1cc(Cl)c2O. The van der Waals surface area contributed by atoms with E-state index >= 15 is 0 Å². The molecule has 3 aromatic carbocycles. The highest BCUT2D eigenvalue weighted by atomic mass is 35.5. The molecule has 3 aromatic rings. The van der Waals surface area contributed by atoms with Crippen LogP contribution >= 0.6 is 11.6 Å². The van der Waals surface area contributed by atoms with Crippen molar-refractivity contribution in [1.82, 2.24) is 0 Å². The van der Waals surface area contributed by atoms with Gasteiger partial charge < -0.3 is 9.84 Å². The molecule has 0 saturated carbocycles. The second-order valence-electron chi connectivity index (χ2n) is 6.45. The van der Waals surface area contributed by atoms with Gasteiger partial charge in [-0.05, 0) is 41.5 Å². The molecule has 0 fully saturated rings. The standard InChI is InChI=1S/C20H12ClF2NO5S/c21-14-6-11-8-18(19(14)25)30(27,28)24-17-7-10(4-5-16(17)23)12-2-1-3-15(22)13(12)9-29-20(11)26/h1-8,24-25H,9H2.